The minimum atomic E-state index is -0.254. The van der Waals surface area contributed by atoms with Crippen LogP contribution >= 0.6 is 0 Å². The molecule has 2 rings (SSSR count). The highest BCUT2D eigenvalue weighted by molar-refractivity contribution is 5.43. The molecule has 2 aromatic carbocycles. The molecule has 0 aliphatic rings. The first-order valence-electron chi connectivity index (χ1n) is 6.45. The Balaban J connectivity index is 1.88. The van der Waals surface area contributed by atoms with Crippen molar-refractivity contribution in [2.45, 2.75) is 18.9 Å². The summed E-state index contributed by atoms with van der Waals surface area (Å²) >= 11 is 0. The van der Waals surface area contributed by atoms with E-state index in [2.05, 4.69) is 17.4 Å². The third-order valence-corrected chi connectivity index (χ3v) is 3.06. The van der Waals surface area contributed by atoms with Gasteiger partial charge in [0.2, 0.25) is 0 Å². The van der Waals surface area contributed by atoms with Gasteiger partial charge in [-0.25, -0.2) is 4.39 Å². The van der Waals surface area contributed by atoms with Crippen LogP contribution in [0.3, 0.4) is 0 Å². The van der Waals surface area contributed by atoms with Gasteiger partial charge in [-0.3, -0.25) is 0 Å². The minimum absolute atomic E-state index is 0.0225. The Labute approximate surface area is 112 Å². The average Bonchev–Trinajstić information content (AvgIpc) is 2.46. The Bertz CT molecular complexity index is 484. The van der Waals surface area contributed by atoms with Crippen molar-refractivity contribution in [2.75, 3.05) is 11.9 Å². The molecule has 0 spiro atoms. The second-order valence-corrected chi connectivity index (χ2v) is 4.56. The molecule has 2 N–H and O–H groups in total. The number of aryl methyl sites for hydroxylation is 1. The molecule has 0 fully saturated rings. The molecule has 0 aliphatic carbocycles. The molecule has 2 nitrogen and oxygen atoms in total. The first-order valence-corrected chi connectivity index (χ1v) is 6.45. The fourth-order valence-electron chi connectivity index (χ4n) is 1.98. The summed E-state index contributed by atoms with van der Waals surface area (Å²) in [6.07, 6.45) is 1.73. The number of halogens is 1. The summed E-state index contributed by atoms with van der Waals surface area (Å²) in [6.45, 7) is 0.0597. The van der Waals surface area contributed by atoms with Crippen molar-refractivity contribution < 1.29 is 9.50 Å². The summed E-state index contributed by atoms with van der Waals surface area (Å²) < 4.78 is 12.8. The van der Waals surface area contributed by atoms with E-state index in [0.29, 0.717) is 0 Å². The van der Waals surface area contributed by atoms with Crippen LogP contribution in [0.2, 0.25) is 0 Å². The minimum Gasteiger partial charge on any atom is -0.394 e. The normalized spacial score (nSPS) is 12.1. The van der Waals surface area contributed by atoms with Crippen LogP contribution in [-0.2, 0) is 6.42 Å². The Hall–Kier alpha value is -1.87. The fourth-order valence-corrected chi connectivity index (χ4v) is 1.98. The molecule has 0 saturated heterocycles. The van der Waals surface area contributed by atoms with Gasteiger partial charge in [-0.15, -0.1) is 0 Å². The highest BCUT2D eigenvalue weighted by Gasteiger charge is 2.07. The van der Waals surface area contributed by atoms with Gasteiger partial charge in [-0.1, -0.05) is 30.3 Å². The number of aliphatic hydroxyl groups is 1. The van der Waals surface area contributed by atoms with Crippen molar-refractivity contribution in [3.63, 3.8) is 0 Å². The zero-order valence-electron chi connectivity index (χ0n) is 10.7. The quantitative estimate of drug-likeness (QED) is 0.834. The Morgan fingerprint density at radius 1 is 1.00 bits per heavy atom. The van der Waals surface area contributed by atoms with Crippen molar-refractivity contribution in [2.24, 2.45) is 0 Å². The first kappa shape index (κ1) is 13.6. The molecule has 2 aromatic rings. The molecule has 0 bridgehead atoms. The van der Waals surface area contributed by atoms with Gasteiger partial charge in [0.25, 0.3) is 0 Å². The van der Waals surface area contributed by atoms with E-state index in [1.807, 2.05) is 18.2 Å². The van der Waals surface area contributed by atoms with Crippen LogP contribution < -0.4 is 5.32 Å². The van der Waals surface area contributed by atoms with Gasteiger partial charge in [0.05, 0.1) is 6.61 Å². The third-order valence-electron chi connectivity index (χ3n) is 3.06. The summed E-state index contributed by atoms with van der Waals surface area (Å²) in [7, 11) is 0. The number of benzene rings is 2. The van der Waals surface area contributed by atoms with Gasteiger partial charge in [0.15, 0.2) is 0 Å². The molecule has 1 atom stereocenters. The van der Waals surface area contributed by atoms with E-state index in [4.69, 9.17) is 0 Å². The van der Waals surface area contributed by atoms with Crippen LogP contribution in [0.1, 0.15) is 12.0 Å². The molecule has 0 aromatic heterocycles. The van der Waals surface area contributed by atoms with E-state index >= 15 is 0 Å². The molecule has 0 radical (unpaired) electrons. The summed E-state index contributed by atoms with van der Waals surface area (Å²) in [4.78, 5) is 0. The number of rotatable bonds is 6. The predicted octanol–water partition coefficient (Wildman–Crippen LogP) is 3.23. The van der Waals surface area contributed by atoms with Crippen molar-refractivity contribution in [3.8, 4) is 0 Å². The molecular formula is C16H18FNO. The van der Waals surface area contributed by atoms with Gasteiger partial charge in [0.1, 0.15) is 5.82 Å². The van der Waals surface area contributed by atoms with Crippen molar-refractivity contribution in [1.82, 2.24) is 0 Å². The van der Waals surface area contributed by atoms with Crippen molar-refractivity contribution >= 4 is 5.69 Å². The number of anilines is 1. The first-order chi connectivity index (χ1) is 9.28. The lowest BCUT2D eigenvalue weighted by atomic mass is 10.1. The molecule has 3 heteroatoms. The Kier molecular flexibility index (Phi) is 4.93. The molecule has 0 aliphatic heterocycles. The lowest BCUT2D eigenvalue weighted by Gasteiger charge is -2.17. The Morgan fingerprint density at radius 2 is 1.68 bits per heavy atom. The van der Waals surface area contributed by atoms with E-state index in [0.717, 1.165) is 18.5 Å². The largest absolute Gasteiger partial charge is 0.394 e. The van der Waals surface area contributed by atoms with Gasteiger partial charge < -0.3 is 10.4 Å². The van der Waals surface area contributed by atoms with E-state index in [1.54, 1.807) is 12.1 Å². The smallest absolute Gasteiger partial charge is 0.123 e. The molecule has 0 amide bonds. The summed E-state index contributed by atoms with van der Waals surface area (Å²) in [5.41, 5.74) is 2.08. The monoisotopic (exact) mass is 259 g/mol. The highest BCUT2D eigenvalue weighted by atomic mass is 19.1. The number of nitrogens with one attached hydrogen (secondary N) is 1. The molecule has 0 heterocycles. The maximum atomic E-state index is 12.8. The zero-order valence-corrected chi connectivity index (χ0v) is 10.7. The van der Waals surface area contributed by atoms with E-state index < -0.39 is 0 Å². The van der Waals surface area contributed by atoms with Crippen molar-refractivity contribution in [1.29, 1.82) is 0 Å². The second-order valence-electron chi connectivity index (χ2n) is 4.56. The van der Waals surface area contributed by atoms with Gasteiger partial charge in [0, 0.05) is 11.7 Å². The summed E-state index contributed by atoms with van der Waals surface area (Å²) in [6, 6.07) is 16.3. The molecule has 1 unspecified atom stereocenters. The molecular weight excluding hydrogens is 241 g/mol. The predicted molar refractivity (Wildman–Crippen MR) is 75.7 cm³/mol. The highest BCUT2D eigenvalue weighted by Crippen LogP contribution is 2.12. The topological polar surface area (TPSA) is 32.3 Å². The van der Waals surface area contributed by atoms with Crippen LogP contribution in [0.25, 0.3) is 0 Å². The van der Waals surface area contributed by atoms with Crippen LogP contribution in [0, 0.1) is 5.82 Å². The average molecular weight is 259 g/mol. The molecule has 0 saturated carbocycles. The fraction of sp³-hybridized carbons (Fsp3) is 0.250. The van der Waals surface area contributed by atoms with E-state index in [1.165, 1.54) is 17.7 Å². The maximum Gasteiger partial charge on any atom is 0.123 e. The van der Waals surface area contributed by atoms with Gasteiger partial charge in [-0.05, 0) is 42.7 Å². The summed E-state index contributed by atoms with van der Waals surface area (Å²) in [5, 5.41) is 12.6. The SMILES string of the molecule is OCC(CCc1ccccc1)Nc1ccc(F)cc1. The lowest BCUT2D eigenvalue weighted by Crippen LogP contribution is -2.24. The number of aliphatic hydroxyl groups excluding tert-OH is 1. The zero-order chi connectivity index (χ0) is 13.5. The second kappa shape index (κ2) is 6.90. The standard InChI is InChI=1S/C16H18FNO/c17-14-7-10-15(11-8-14)18-16(12-19)9-6-13-4-2-1-3-5-13/h1-5,7-8,10-11,16,18-19H,6,9,12H2. The lowest BCUT2D eigenvalue weighted by molar-refractivity contribution is 0.269. The third kappa shape index (κ3) is 4.38. The maximum absolute atomic E-state index is 12.8. The van der Waals surface area contributed by atoms with Gasteiger partial charge >= 0.3 is 0 Å². The van der Waals surface area contributed by atoms with Crippen LogP contribution in [0.15, 0.2) is 54.6 Å². The van der Waals surface area contributed by atoms with Gasteiger partial charge in [-0.2, -0.15) is 0 Å². The molecule has 100 valence electrons. The number of hydrogen-bond acceptors (Lipinski definition) is 2. The van der Waals surface area contributed by atoms with E-state index in [-0.39, 0.29) is 18.5 Å². The Morgan fingerprint density at radius 3 is 2.32 bits per heavy atom. The number of hydrogen-bond donors (Lipinski definition) is 2. The van der Waals surface area contributed by atoms with Crippen molar-refractivity contribution in [3.05, 3.63) is 66.0 Å². The summed E-state index contributed by atoms with van der Waals surface area (Å²) in [5.74, 6) is -0.254. The van der Waals surface area contributed by atoms with Crippen LogP contribution in [0.5, 0.6) is 0 Å². The van der Waals surface area contributed by atoms with Crippen LogP contribution in [0.4, 0.5) is 10.1 Å². The molecule has 19 heavy (non-hydrogen) atoms. The van der Waals surface area contributed by atoms with E-state index in [9.17, 15) is 9.50 Å². The van der Waals surface area contributed by atoms with Crippen LogP contribution in [-0.4, -0.2) is 17.8 Å².